The molecule has 1 aromatic carbocycles. The lowest BCUT2D eigenvalue weighted by molar-refractivity contribution is -0.123. The molecule has 1 aliphatic heterocycles. The van der Waals surface area contributed by atoms with Gasteiger partial charge < -0.3 is 15.5 Å². The second-order valence-corrected chi connectivity index (χ2v) is 7.22. The summed E-state index contributed by atoms with van der Waals surface area (Å²) < 4.78 is 26.5. The minimum absolute atomic E-state index is 0.0105. The van der Waals surface area contributed by atoms with Crippen molar-refractivity contribution in [2.75, 3.05) is 25.0 Å². The van der Waals surface area contributed by atoms with Gasteiger partial charge >= 0.3 is 6.03 Å². The van der Waals surface area contributed by atoms with Gasteiger partial charge in [-0.15, -0.1) is 0 Å². The lowest BCUT2D eigenvalue weighted by Crippen LogP contribution is -2.51. The molecule has 3 amide bonds. The molecule has 1 fully saturated rings. The maximum absolute atomic E-state index is 12.0. The van der Waals surface area contributed by atoms with Gasteiger partial charge in [0.2, 0.25) is 15.9 Å². The summed E-state index contributed by atoms with van der Waals surface area (Å²) in [6.07, 6.45) is 0. The molecule has 0 spiro atoms. The Morgan fingerprint density at radius 2 is 1.91 bits per heavy atom. The minimum Gasteiger partial charge on any atom is -0.353 e. The average molecular weight is 340 g/mol. The zero-order valence-corrected chi connectivity index (χ0v) is 13.8. The van der Waals surface area contributed by atoms with Crippen LogP contribution in [0.15, 0.2) is 29.2 Å². The summed E-state index contributed by atoms with van der Waals surface area (Å²) in [5.41, 5.74) is 0.462. The Morgan fingerprint density at radius 3 is 2.48 bits per heavy atom. The first kappa shape index (κ1) is 17.2. The number of rotatable bonds is 4. The van der Waals surface area contributed by atoms with E-state index in [0.29, 0.717) is 18.8 Å². The highest BCUT2D eigenvalue weighted by Gasteiger charge is 2.21. The monoisotopic (exact) mass is 340 g/mol. The van der Waals surface area contributed by atoms with E-state index in [4.69, 9.17) is 0 Å². The zero-order chi connectivity index (χ0) is 17.0. The van der Waals surface area contributed by atoms with E-state index in [-0.39, 0.29) is 23.4 Å². The fourth-order valence-electron chi connectivity index (χ4n) is 2.11. The fourth-order valence-corrected chi connectivity index (χ4v) is 3.36. The standard InChI is InChI=1S/C14H20N4O4S/c1-10(2)17-23(21,22)12-5-3-11(4-6-12)16-14(20)18-8-7-15-13(19)9-18/h3-6,10,17H,7-9H2,1-2H3,(H,15,19)(H,16,20). The second-order valence-electron chi connectivity index (χ2n) is 5.50. The van der Waals surface area contributed by atoms with Crippen molar-refractivity contribution < 1.29 is 18.0 Å². The molecule has 1 heterocycles. The lowest BCUT2D eigenvalue weighted by atomic mass is 10.3. The molecular formula is C14H20N4O4S. The molecule has 23 heavy (non-hydrogen) atoms. The first-order valence-corrected chi connectivity index (χ1v) is 8.71. The van der Waals surface area contributed by atoms with Crippen molar-refractivity contribution in [2.45, 2.75) is 24.8 Å². The highest BCUT2D eigenvalue weighted by atomic mass is 32.2. The van der Waals surface area contributed by atoms with Gasteiger partial charge in [-0.05, 0) is 38.1 Å². The molecule has 1 saturated heterocycles. The van der Waals surface area contributed by atoms with E-state index in [1.165, 1.54) is 29.2 Å². The largest absolute Gasteiger partial charge is 0.353 e. The number of carbonyl (C=O) groups is 2. The summed E-state index contributed by atoms with van der Waals surface area (Å²) >= 11 is 0. The first-order chi connectivity index (χ1) is 10.8. The van der Waals surface area contributed by atoms with Gasteiger partial charge in [-0.1, -0.05) is 0 Å². The van der Waals surface area contributed by atoms with Crippen molar-refractivity contribution in [3.8, 4) is 0 Å². The van der Waals surface area contributed by atoms with E-state index in [1.54, 1.807) is 13.8 Å². The molecule has 0 radical (unpaired) electrons. The van der Waals surface area contributed by atoms with Crippen LogP contribution in [0.2, 0.25) is 0 Å². The normalized spacial score (nSPS) is 15.4. The molecule has 0 bridgehead atoms. The number of sulfonamides is 1. The Bertz CT molecular complexity index is 685. The van der Waals surface area contributed by atoms with Crippen LogP contribution < -0.4 is 15.4 Å². The number of nitrogens with zero attached hydrogens (tertiary/aromatic N) is 1. The smallest absolute Gasteiger partial charge is 0.322 e. The number of hydrogen-bond acceptors (Lipinski definition) is 4. The van der Waals surface area contributed by atoms with E-state index in [0.717, 1.165) is 0 Å². The molecule has 3 N–H and O–H groups in total. The van der Waals surface area contributed by atoms with Crippen LogP contribution in [0.5, 0.6) is 0 Å². The molecule has 126 valence electrons. The summed E-state index contributed by atoms with van der Waals surface area (Å²) in [4.78, 5) is 24.8. The highest BCUT2D eigenvalue weighted by Crippen LogP contribution is 2.15. The quantitative estimate of drug-likeness (QED) is 0.734. The first-order valence-electron chi connectivity index (χ1n) is 7.23. The van der Waals surface area contributed by atoms with E-state index in [2.05, 4.69) is 15.4 Å². The van der Waals surface area contributed by atoms with Crippen LogP contribution in [0.1, 0.15) is 13.8 Å². The third kappa shape index (κ3) is 4.67. The molecule has 9 heteroatoms. The summed E-state index contributed by atoms with van der Waals surface area (Å²) in [5.74, 6) is -0.201. The van der Waals surface area contributed by atoms with Gasteiger partial charge in [0.05, 0.1) is 4.90 Å². The van der Waals surface area contributed by atoms with Crippen molar-refractivity contribution in [1.29, 1.82) is 0 Å². The number of anilines is 1. The molecule has 0 unspecified atom stereocenters. The Labute approximate surface area is 135 Å². The molecule has 0 aliphatic carbocycles. The van der Waals surface area contributed by atoms with Crippen LogP contribution in [-0.4, -0.2) is 50.9 Å². The molecular weight excluding hydrogens is 320 g/mol. The average Bonchev–Trinajstić information content (AvgIpc) is 2.46. The van der Waals surface area contributed by atoms with Crippen LogP contribution in [0.3, 0.4) is 0 Å². The molecule has 1 aliphatic rings. The van der Waals surface area contributed by atoms with Crippen molar-refractivity contribution in [3.63, 3.8) is 0 Å². The van der Waals surface area contributed by atoms with Gasteiger partial charge in [0.1, 0.15) is 6.54 Å². The number of amides is 3. The van der Waals surface area contributed by atoms with Gasteiger partial charge in [0, 0.05) is 24.8 Å². The van der Waals surface area contributed by atoms with Crippen LogP contribution in [-0.2, 0) is 14.8 Å². The van der Waals surface area contributed by atoms with Crippen molar-refractivity contribution in [1.82, 2.24) is 14.9 Å². The topological polar surface area (TPSA) is 108 Å². The SMILES string of the molecule is CC(C)NS(=O)(=O)c1ccc(NC(=O)N2CCNC(=O)C2)cc1. The summed E-state index contributed by atoms with van der Waals surface area (Å²) in [5, 5.41) is 5.28. The van der Waals surface area contributed by atoms with Crippen LogP contribution in [0, 0.1) is 0 Å². The third-order valence-electron chi connectivity index (χ3n) is 3.13. The number of urea groups is 1. The van der Waals surface area contributed by atoms with Gasteiger partial charge in [-0.3, -0.25) is 4.79 Å². The van der Waals surface area contributed by atoms with Crippen molar-refractivity contribution >= 4 is 27.6 Å². The second kappa shape index (κ2) is 6.97. The predicted molar refractivity (Wildman–Crippen MR) is 85.5 cm³/mol. The van der Waals surface area contributed by atoms with E-state index >= 15 is 0 Å². The maximum atomic E-state index is 12.0. The predicted octanol–water partition coefficient (Wildman–Crippen LogP) is 0.337. The molecule has 2 rings (SSSR count). The lowest BCUT2D eigenvalue weighted by Gasteiger charge is -2.26. The van der Waals surface area contributed by atoms with Crippen LogP contribution in [0.4, 0.5) is 10.5 Å². The Balaban J connectivity index is 2.02. The van der Waals surface area contributed by atoms with E-state index in [9.17, 15) is 18.0 Å². The minimum atomic E-state index is -3.56. The van der Waals surface area contributed by atoms with Crippen molar-refractivity contribution in [3.05, 3.63) is 24.3 Å². The van der Waals surface area contributed by atoms with E-state index in [1.807, 2.05) is 0 Å². The zero-order valence-electron chi connectivity index (χ0n) is 13.0. The van der Waals surface area contributed by atoms with Gasteiger partial charge in [0.15, 0.2) is 0 Å². The number of benzene rings is 1. The van der Waals surface area contributed by atoms with Gasteiger partial charge in [0.25, 0.3) is 0 Å². The van der Waals surface area contributed by atoms with Gasteiger partial charge in [-0.25, -0.2) is 17.9 Å². The van der Waals surface area contributed by atoms with Crippen molar-refractivity contribution in [2.24, 2.45) is 0 Å². The summed E-state index contributed by atoms with van der Waals surface area (Å²) in [7, 11) is -3.56. The Hall–Kier alpha value is -2.13. The Morgan fingerprint density at radius 1 is 1.26 bits per heavy atom. The number of carbonyl (C=O) groups excluding carboxylic acids is 2. The molecule has 1 aromatic rings. The van der Waals surface area contributed by atoms with Gasteiger partial charge in [-0.2, -0.15) is 0 Å². The fraction of sp³-hybridized carbons (Fsp3) is 0.429. The van der Waals surface area contributed by atoms with E-state index < -0.39 is 16.1 Å². The summed E-state index contributed by atoms with van der Waals surface area (Å²) in [6, 6.07) is 5.26. The number of nitrogens with one attached hydrogen (secondary N) is 3. The molecule has 0 atom stereocenters. The number of piperazine rings is 1. The summed E-state index contributed by atoms with van der Waals surface area (Å²) in [6.45, 7) is 4.34. The third-order valence-corrected chi connectivity index (χ3v) is 4.81. The number of hydrogen-bond donors (Lipinski definition) is 3. The molecule has 0 aromatic heterocycles. The molecule has 8 nitrogen and oxygen atoms in total. The maximum Gasteiger partial charge on any atom is 0.322 e. The molecule has 0 saturated carbocycles. The Kier molecular flexibility index (Phi) is 5.22. The van der Waals surface area contributed by atoms with Crippen LogP contribution >= 0.6 is 0 Å². The highest BCUT2D eigenvalue weighted by molar-refractivity contribution is 7.89. The van der Waals surface area contributed by atoms with Crippen LogP contribution in [0.25, 0.3) is 0 Å².